The lowest BCUT2D eigenvalue weighted by Crippen LogP contribution is -2.40. The highest BCUT2D eigenvalue weighted by Crippen LogP contribution is 2.53. The Morgan fingerprint density at radius 1 is 1.20 bits per heavy atom. The smallest absolute Gasteiger partial charge is 0.251 e. The molecule has 0 spiro atoms. The van der Waals surface area contributed by atoms with Gasteiger partial charge in [0, 0.05) is 23.3 Å². The van der Waals surface area contributed by atoms with E-state index >= 15 is 0 Å². The van der Waals surface area contributed by atoms with Crippen LogP contribution in [-0.4, -0.2) is 24.9 Å². The average molecular weight is 466 g/mol. The third kappa shape index (κ3) is 2.50. The monoisotopic (exact) mass is 463 g/mol. The molecule has 0 bridgehead atoms. The van der Waals surface area contributed by atoms with Gasteiger partial charge in [-0.1, -0.05) is 84.5 Å². The fourth-order valence-electron chi connectivity index (χ4n) is 3.39. The molecule has 2 fully saturated rings. The van der Waals surface area contributed by atoms with Gasteiger partial charge < -0.3 is 4.90 Å². The first-order valence-corrected chi connectivity index (χ1v) is 9.39. The zero-order valence-corrected chi connectivity index (χ0v) is 15.7. The lowest BCUT2D eigenvalue weighted by molar-refractivity contribution is -0.129. The summed E-state index contributed by atoms with van der Waals surface area (Å²) in [7, 11) is 0. The molecule has 0 unspecified atom stereocenters. The van der Waals surface area contributed by atoms with Crippen molar-refractivity contribution in [2.24, 2.45) is 5.92 Å². The van der Waals surface area contributed by atoms with Crippen molar-refractivity contribution in [3.63, 3.8) is 0 Å². The van der Waals surface area contributed by atoms with Crippen LogP contribution in [0.4, 0.5) is 0 Å². The molecule has 5 heteroatoms. The highest BCUT2D eigenvalue weighted by Gasteiger charge is 2.59. The van der Waals surface area contributed by atoms with E-state index in [0.29, 0.717) is 17.4 Å². The van der Waals surface area contributed by atoms with E-state index in [9.17, 15) is 4.79 Å². The van der Waals surface area contributed by atoms with E-state index in [1.807, 2.05) is 23.1 Å². The van der Waals surface area contributed by atoms with Crippen molar-refractivity contribution in [3.05, 3.63) is 35.9 Å². The number of carbonyl (C=O) groups excluding carboxylic acids is 1. The molecule has 3 atom stereocenters. The molecule has 2 aliphatic rings. The van der Waals surface area contributed by atoms with Crippen molar-refractivity contribution in [1.82, 2.24) is 4.90 Å². The maximum atomic E-state index is 12.8. The SMILES string of the molecule is O=C1N(Cc2ccccc2)[C@H]2CCC[C@H](Br)[C@H]2C1(Br)Br. The predicted molar refractivity (Wildman–Crippen MR) is 91.4 cm³/mol. The Morgan fingerprint density at radius 2 is 1.90 bits per heavy atom. The minimum absolute atomic E-state index is 0.155. The van der Waals surface area contributed by atoms with Crippen LogP contribution in [0, 0.1) is 5.92 Å². The maximum Gasteiger partial charge on any atom is 0.251 e. The topological polar surface area (TPSA) is 20.3 Å². The van der Waals surface area contributed by atoms with E-state index < -0.39 is 3.23 Å². The van der Waals surface area contributed by atoms with Crippen LogP contribution in [-0.2, 0) is 11.3 Å². The van der Waals surface area contributed by atoms with Gasteiger partial charge in [-0.05, 0) is 18.4 Å². The first kappa shape index (κ1) is 15.0. The number of likely N-dealkylation sites (tertiary alicyclic amines) is 1. The molecule has 0 aromatic heterocycles. The summed E-state index contributed by atoms with van der Waals surface area (Å²) in [5.74, 6) is 0.426. The second-order valence-corrected chi connectivity index (χ2v) is 10.3. The Morgan fingerprint density at radius 3 is 2.60 bits per heavy atom. The number of rotatable bonds is 2. The Kier molecular flexibility index (Phi) is 4.31. The Hall–Kier alpha value is 0.130. The molecule has 1 aliphatic heterocycles. The second-order valence-electron chi connectivity index (χ2n) is 5.58. The number of alkyl halides is 3. The summed E-state index contributed by atoms with van der Waals surface area (Å²) in [5.41, 5.74) is 1.19. The quantitative estimate of drug-likeness (QED) is 0.591. The summed E-state index contributed by atoms with van der Waals surface area (Å²) in [5, 5.41) is 0. The summed E-state index contributed by atoms with van der Waals surface area (Å²) in [6, 6.07) is 10.5. The molecule has 1 aromatic rings. The fourth-order valence-corrected chi connectivity index (χ4v) is 6.88. The minimum atomic E-state index is -0.617. The third-order valence-electron chi connectivity index (χ3n) is 4.34. The van der Waals surface area contributed by atoms with Crippen molar-refractivity contribution in [2.75, 3.05) is 0 Å². The highest BCUT2D eigenvalue weighted by molar-refractivity contribution is 9.26. The van der Waals surface area contributed by atoms with Gasteiger partial charge in [0.15, 0.2) is 3.23 Å². The van der Waals surface area contributed by atoms with Crippen LogP contribution in [0.15, 0.2) is 30.3 Å². The molecule has 1 aliphatic carbocycles. The highest BCUT2D eigenvalue weighted by atomic mass is 79.9. The summed E-state index contributed by atoms with van der Waals surface area (Å²) in [4.78, 5) is 15.2. The molecule has 3 rings (SSSR count). The van der Waals surface area contributed by atoms with E-state index in [1.54, 1.807) is 0 Å². The lowest BCUT2D eigenvalue weighted by atomic mass is 9.84. The predicted octanol–water partition coefficient (Wildman–Crippen LogP) is 4.45. The lowest BCUT2D eigenvalue weighted by Gasteiger charge is -2.36. The van der Waals surface area contributed by atoms with Crippen LogP contribution in [0.3, 0.4) is 0 Å². The van der Waals surface area contributed by atoms with Crippen molar-refractivity contribution >= 4 is 53.7 Å². The van der Waals surface area contributed by atoms with Crippen molar-refractivity contribution in [1.29, 1.82) is 0 Å². The third-order valence-corrected chi connectivity index (χ3v) is 7.11. The molecule has 1 saturated carbocycles. The minimum Gasteiger partial charge on any atom is -0.333 e. The molecule has 0 N–H and O–H groups in total. The first-order valence-electron chi connectivity index (χ1n) is 6.88. The van der Waals surface area contributed by atoms with Gasteiger partial charge >= 0.3 is 0 Å². The standard InChI is InChI=1S/C15H16Br3NO/c16-11-7-4-8-12-13(11)15(17,18)14(20)19(12)9-10-5-2-1-3-6-10/h1-3,5-6,11-13H,4,7-9H2/t11-,12-,13+/m0/s1. The van der Waals surface area contributed by atoms with Gasteiger partial charge in [-0.3, -0.25) is 4.79 Å². The summed E-state index contributed by atoms with van der Waals surface area (Å²) in [6.07, 6.45) is 3.39. The number of benzene rings is 1. The van der Waals surface area contributed by atoms with E-state index in [1.165, 1.54) is 12.0 Å². The van der Waals surface area contributed by atoms with Gasteiger partial charge in [-0.25, -0.2) is 0 Å². The fraction of sp³-hybridized carbons (Fsp3) is 0.533. The Labute approximate surface area is 144 Å². The zero-order chi connectivity index (χ0) is 14.3. The number of fused-ring (bicyclic) bond motifs is 1. The second kappa shape index (κ2) is 5.73. The molecule has 1 heterocycles. The summed E-state index contributed by atoms with van der Waals surface area (Å²) < 4.78 is -0.617. The van der Waals surface area contributed by atoms with Crippen molar-refractivity contribution in [2.45, 2.75) is 39.9 Å². The number of carbonyl (C=O) groups is 1. The zero-order valence-electron chi connectivity index (χ0n) is 10.9. The maximum absolute atomic E-state index is 12.8. The van der Waals surface area contributed by atoms with Gasteiger partial charge in [0.05, 0.1) is 0 Å². The number of halogens is 3. The van der Waals surface area contributed by atoms with E-state index in [-0.39, 0.29) is 11.8 Å². The molecule has 20 heavy (non-hydrogen) atoms. The molecule has 0 radical (unpaired) electrons. The van der Waals surface area contributed by atoms with E-state index in [0.717, 1.165) is 12.8 Å². The Bertz CT molecular complexity index is 505. The number of hydrogen-bond donors (Lipinski definition) is 0. The molecular formula is C15H16Br3NO. The molecule has 1 saturated heterocycles. The number of nitrogens with zero attached hydrogens (tertiary/aromatic N) is 1. The summed E-state index contributed by atoms with van der Waals surface area (Å²) in [6.45, 7) is 0.694. The number of hydrogen-bond acceptors (Lipinski definition) is 1. The van der Waals surface area contributed by atoms with Crippen LogP contribution in [0.25, 0.3) is 0 Å². The molecular weight excluding hydrogens is 450 g/mol. The summed E-state index contributed by atoms with van der Waals surface area (Å²) >= 11 is 11.1. The largest absolute Gasteiger partial charge is 0.333 e. The van der Waals surface area contributed by atoms with Gasteiger partial charge in [0.25, 0.3) is 5.91 Å². The van der Waals surface area contributed by atoms with Gasteiger partial charge in [0.2, 0.25) is 0 Å². The van der Waals surface area contributed by atoms with Crippen molar-refractivity contribution in [3.8, 4) is 0 Å². The van der Waals surface area contributed by atoms with Crippen LogP contribution in [0.5, 0.6) is 0 Å². The van der Waals surface area contributed by atoms with E-state index in [4.69, 9.17) is 0 Å². The molecule has 1 aromatic carbocycles. The van der Waals surface area contributed by atoms with Gasteiger partial charge in [-0.2, -0.15) is 0 Å². The molecule has 1 amide bonds. The van der Waals surface area contributed by atoms with Crippen LogP contribution in [0.1, 0.15) is 24.8 Å². The normalized spacial score (nSPS) is 32.2. The van der Waals surface area contributed by atoms with E-state index in [2.05, 4.69) is 59.9 Å². The molecule has 2 nitrogen and oxygen atoms in total. The van der Waals surface area contributed by atoms with Crippen LogP contribution in [0.2, 0.25) is 0 Å². The van der Waals surface area contributed by atoms with Crippen LogP contribution >= 0.6 is 47.8 Å². The Balaban J connectivity index is 1.89. The average Bonchev–Trinajstić information content (AvgIpc) is 2.62. The van der Waals surface area contributed by atoms with Crippen molar-refractivity contribution < 1.29 is 4.79 Å². The first-order chi connectivity index (χ1) is 9.51. The number of amides is 1. The molecule has 108 valence electrons. The van der Waals surface area contributed by atoms with Gasteiger partial charge in [0.1, 0.15) is 0 Å². The van der Waals surface area contributed by atoms with Crippen LogP contribution < -0.4 is 0 Å². The van der Waals surface area contributed by atoms with Gasteiger partial charge in [-0.15, -0.1) is 0 Å².